The van der Waals surface area contributed by atoms with Crippen LogP contribution in [0.25, 0.3) is 22.2 Å². The molecule has 0 spiro atoms. The first-order valence-electron chi connectivity index (χ1n) is 11.0. The normalized spacial score (nSPS) is 11.1. The van der Waals surface area contributed by atoms with Crippen molar-refractivity contribution in [1.82, 2.24) is 9.88 Å². The summed E-state index contributed by atoms with van der Waals surface area (Å²) in [6.45, 7) is 6.83. The Hall–Kier alpha value is -3.57. The van der Waals surface area contributed by atoms with E-state index in [9.17, 15) is 5.11 Å². The Bertz CT molecular complexity index is 1200. The van der Waals surface area contributed by atoms with Crippen LogP contribution in [0.15, 0.2) is 72.8 Å². The number of aromatic nitrogens is 1. The summed E-state index contributed by atoms with van der Waals surface area (Å²) in [5, 5.41) is 14.9. The molecule has 2 N–H and O–H groups in total. The third-order valence-corrected chi connectivity index (χ3v) is 5.73. The van der Waals surface area contributed by atoms with E-state index >= 15 is 0 Å². The molecule has 4 rings (SSSR count). The predicted octanol–water partition coefficient (Wildman–Crippen LogP) is 6.20. The van der Waals surface area contributed by atoms with Crippen LogP contribution in [0.3, 0.4) is 0 Å². The number of anilines is 2. The number of rotatable bonds is 8. The van der Waals surface area contributed by atoms with Gasteiger partial charge in [-0.05, 0) is 55.6 Å². The lowest BCUT2D eigenvalue weighted by molar-refractivity contribution is 0.291. The minimum Gasteiger partial charge on any atom is -0.508 e. The molecule has 5 nitrogen and oxygen atoms in total. The summed E-state index contributed by atoms with van der Waals surface area (Å²) >= 11 is 0. The number of nitrogens with zero attached hydrogens (tertiary/aromatic N) is 2. The second-order valence-corrected chi connectivity index (χ2v) is 7.73. The van der Waals surface area contributed by atoms with Crippen molar-refractivity contribution in [3.63, 3.8) is 0 Å². The third kappa shape index (κ3) is 4.68. The Labute approximate surface area is 189 Å². The summed E-state index contributed by atoms with van der Waals surface area (Å²) in [5.41, 5.74) is 5.59. The molecule has 0 saturated heterocycles. The van der Waals surface area contributed by atoms with Crippen LogP contribution >= 0.6 is 0 Å². The van der Waals surface area contributed by atoms with Crippen LogP contribution in [0, 0.1) is 0 Å². The molecule has 0 aliphatic heterocycles. The Balaban J connectivity index is 1.77. The Kier molecular flexibility index (Phi) is 6.57. The fraction of sp³-hybridized carbons (Fsp3) is 0.222. The average molecular weight is 428 g/mol. The van der Waals surface area contributed by atoms with Gasteiger partial charge in [0, 0.05) is 28.7 Å². The fourth-order valence-corrected chi connectivity index (χ4v) is 3.83. The maximum absolute atomic E-state index is 10.4. The highest BCUT2D eigenvalue weighted by molar-refractivity contribution is 5.96. The quantitative estimate of drug-likeness (QED) is 0.328. The van der Waals surface area contributed by atoms with Crippen molar-refractivity contribution in [2.24, 2.45) is 0 Å². The molecule has 0 saturated carbocycles. The van der Waals surface area contributed by atoms with Crippen molar-refractivity contribution < 1.29 is 9.84 Å². The minimum atomic E-state index is 0.314. The van der Waals surface area contributed by atoms with Crippen molar-refractivity contribution in [2.45, 2.75) is 20.4 Å². The number of phenols is 1. The van der Waals surface area contributed by atoms with E-state index in [0.717, 1.165) is 57.9 Å². The van der Waals surface area contributed by atoms with Crippen molar-refractivity contribution in [2.75, 3.05) is 25.5 Å². The Morgan fingerprint density at radius 2 is 1.72 bits per heavy atom. The zero-order valence-corrected chi connectivity index (χ0v) is 18.8. The first-order chi connectivity index (χ1) is 15.6. The number of hydrogen-bond donors (Lipinski definition) is 2. The molecule has 0 radical (unpaired) electrons. The van der Waals surface area contributed by atoms with Crippen molar-refractivity contribution in [3.8, 4) is 22.8 Å². The van der Waals surface area contributed by atoms with Gasteiger partial charge >= 0.3 is 0 Å². The molecule has 164 valence electrons. The Morgan fingerprint density at radius 3 is 2.44 bits per heavy atom. The van der Waals surface area contributed by atoms with Gasteiger partial charge in [0.2, 0.25) is 0 Å². The lowest BCUT2D eigenvalue weighted by atomic mass is 10.1. The lowest BCUT2D eigenvalue weighted by Gasteiger charge is -2.20. The highest BCUT2D eigenvalue weighted by Crippen LogP contribution is 2.34. The number of aromatic hydroxyl groups is 1. The summed E-state index contributed by atoms with van der Waals surface area (Å²) < 4.78 is 5.45. The van der Waals surface area contributed by atoms with Crippen molar-refractivity contribution in [1.29, 1.82) is 0 Å². The number of ether oxygens (including phenoxy) is 1. The van der Waals surface area contributed by atoms with Crippen LogP contribution in [0.2, 0.25) is 0 Å². The molecule has 4 aromatic rings. The van der Waals surface area contributed by atoms with Gasteiger partial charge in [-0.15, -0.1) is 0 Å². The second kappa shape index (κ2) is 9.71. The van der Waals surface area contributed by atoms with Gasteiger partial charge in [0.1, 0.15) is 11.5 Å². The van der Waals surface area contributed by atoms with E-state index in [4.69, 9.17) is 9.72 Å². The molecule has 0 bridgehead atoms. The van der Waals surface area contributed by atoms with Crippen LogP contribution in [0.1, 0.15) is 19.4 Å². The van der Waals surface area contributed by atoms with Crippen molar-refractivity contribution >= 4 is 22.3 Å². The van der Waals surface area contributed by atoms with Crippen molar-refractivity contribution in [3.05, 3.63) is 78.4 Å². The van der Waals surface area contributed by atoms with Gasteiger partial charge in [0.15, 0.2) is 0 Å². The van der Waals surface area contributed by atoms with E-state index in [1.807, 2.05) is 48.5 Å². The van der Waals surface area contributed by atoms with Gasteiger partial charge in [-0.1, -0.05) is 44.2 Å². The first kappa shape index (κ1) is 21.7. The standard InChI is InChI=1S/C27H29N3O2/c1-4-30(5-2)18-20-15-21(11-14-27(20)31)28-26-17-25(19-9-7-6-8-10-19)29-24-13-12-22(32-3)16-23(24)26/h6-17,31H,4-5,18H2,1-3H3,(H,28,29). The molecule has 0 fully saturated rings. The van der Waals surface area contributed by atoms with Gasteiger partial charge in [-0.3, -0.25) is 4.90 Å². The molecule has 5 heteroatoms. The monoisotopic (exact) mass is 427 g/mol. The number of hydrogen-bond acceptors (Lipinski definition) is 5. The van der Waals surface area contributed by atoms with Crippen LogP contribution in [-0.2, 0) is 6.54 Å². The lowest BCUT2D eigenvalue weighted by Crippen LogP contribution is -2.22. The fourth-order valence-electron chi connectivity index (χ4n) is 3.83. The SMILES string of the molecule is CCN(CC)Cc1cc(Nc2cc(-c3ccccc3)nc3ccc(OC)cc23)ccc1O. The van der Waals surface area contributed by atoms with Gasteiger partial charge in [-0.2, -0.15) is 0 Å². The molecule has 0 atom stereocenters. The van der Waals surface area contributed by atoms with E-state index in [2.05, 4.69) is 42.3 Å². The van der Waals surface area contributed by atoms with Crippen LogP contribution < -0.4 is 10.1 Å². The van der Waals surface area contributed by atoms with Crippen LogP contribution in [-0.4, -0.2) is 35.2 Å². The maximum atomic E-state index is 10.4. The first-order valence-corrected chi connectivity index (χ1v) is 11.0. The molecule has 3 aromatic carbocycles. The smallest absolute Gasteiger partial charge is 0.120 e. The Morgan fingerprint density at radius 1 is 0.938 bits per heavy atom. The highest BCUT2D eigenvalue weighted by Gasteiger charge is 2.12. The van der Waals surface area contributed by atoms with E-state index in [1.54, 1.807) is 13.2 Å². The molecule has 0 unspecified atom stereocenters. The topological polar surface area (TPSA) is 57.6 Å². The van der Waals surface area contributed by atoms with E-state index < -0.39 is 0 Å². The summed E-state index contributed by atoms with van der Waals surface area (Å²) in [6, 6.07) is 23.8. The van der Waals surface area contributed by atoms with Gasteiger partial charge < -0.3 is 15.2 Å². The zero-order valence-electron chi connectivity index (χ0n) is 18.8. The van der Waals surface area contributed by atoms with Gasteiger partial charge in [-0.25, -0.2) is 4.98 Å². The van der Waals surface area contributed by atoms with E-state index in [-0.39, 0.29) is 0 Å². The largest absolute Gasteiger partial charge is 0.508 e. The van der Waals surface area contributed by atoms with Gasteiger partial charge in [0.25, 0.3) is 0 Å². The summed E-state index contributed by atoms with van der Waals surface area (Å²) in [5.74, 6) is 1.09. The van der Waals surface area contributed by atoms with Gasteiger partial charge in [0.05, 0.1) is 24.0 Å². The van der Waals surface area contributed by atoms with E-state index in [1.165, 1.54) is 0 Å². The summed E-state index contributed by atoms with van der Waals surface area (Å²) in [7, 11) is 1.67. The predicted molar refractivity (Wildman–Crippen MR) is 132 cm³/mol. The number of benzene rings is 3. The maximum Gasteiger partial charge on any atom is 0.120 e. The zero-order chi connectivity index (χ0) is 22.5. The number of nitrogens with one attached hydrogen (secondary N) is 1. The number of phenolic OH excluding ortho intramolecular Hbond substituents is 1. The second-order valence-electron chi connectivity index (χ2n) is 7.73. The molecule has 1 heterocycles. The average Bonchev–Trinajstić information content (AvgIpc) is 2.84. The molecular weight excluding hydrogens is 398 g/mol. The minimum absolute atomic E-state index is 0.314. The number of methoxy groups -OCH3 is 1. The summed E-state index contributed by atoms with van der Waals surface area (Å²) in [4.78, 5) is 7.15. The number of fused-ring (bicyclic) bond motifs is 1. The summed E-state index contributed by atoms with van der Waals surface area (Å²) in [6.07, 6.45) is 0. The molecule has 0 aliphatic carbocycles. The molecule has 1 aromatic heterocycles. The number of pyridine rings is 1. The third-order valence-electron chi connectivity index (χ3n) is 5.73. The van der Waals surface area contributed by atoms with E-state index in [0.29, 0.717) is 12.3 Å². The van der Waals surface area contributed by atoms with Crippen LogP contribution in [0.5, 0.6) is 11.5 Å². The van der Waals surface area contributed by atoms with Crippen LogP contribution in [0.4, 0.5) is 11.4 Å². The molecule has 0 amide bonds. The highest BCUT2D eigenvalue weighted by atomic mass is 16.5. The molecule has 32 heavy (non-hydrogen) atoms. The molecule has 0 aliphatic rings. The molecular formula is C27H29N3O2.